The Balaban J connectivity index is 1.45. The highest BCUT2D eigenvalue weighted by atomic mass is 79.9. The fourth-order valence-electron chi connectivity index (χ4n) is 3.76. The predicted molar refractivity (Wildman–Crippen MR) is 132 cm³/mol. The van der Waals surface area contributed by atoms with Crippen LogP contribution in [-0.4, -0.2) is 65.2 Å². The van der Waals surface area contributed by atoms with Gasteiger partial charge >= 0.3 is 11.4 Å². The SMILES string of the molecule is O=c1[nH]c(=O)n([C@H]2CC(SSC3C[C@H](n4cc(Br)c(=O)[nH]c4=O)O[C@@H]3CO)[C@@H](CO)O2)cc1Br. The highest BCUT2D eigenvalue weighted by Crippen LogP contribution is 2.47. The molecule has 12 nitrogen and oxygen atoms in total. The second-order valence-electron chi connectivity index (χ2n) is 7.65. The highest BCUT2D eigenvalue weighted by molar-refractivity contribution is 9.10. The van der Waals surface area contributed by atoms with Crippen LogP contribution in [0.2, 0.25) is 0 Å². The monoisotopic (exact) mass is 642 g/mol. The molecule has 2 saturated heterocycles. The summed E-state index contributed by atoms with van der Waals surface area (Å²) in [5.74, 6) is 0. The number of aliphatic hydroxyl groups excluding tert-OH is 2. The minimum atomic E-state index is -0.672. The van der Waals surface area contributed by atoms with Crippen LogP contribution in [0.15, 0.2) is 40.5 Å². The molecule has 4 N–H and O–H groups in total. The number of rotatable bonds is 7. The van der Waals surface area contributed by atoms with Gasteiger partial charge in [-0.15, -0.1) is 0 Å². The number of ether oxygens (including phenoxy) is 2. The van der Waals surface area contributed by atoms with Crippen molar-refractivity contribution in [3.63, 3.8) is 0 Å². The second kappa shape index (κ2) is 10.9. The van der Waals surface area contributed by atoms with Gasteiger partial charge in [-0.05, 0) is 31.9 Å². The Kier molecular flexibility index (Phi) is 8.28. The maximum Gasteiger partial charge on any atom is 0.330 e. The number of H-pyrrole nitrogens is 2. The fourth-order valence-corrected chi connectivity index (χ4v) is 7.80. The Morgan fingerprint density at radius 1 is 0.824 bits per heavy atom. The number of halogens is 2. The number of aliphatic hydroxyl groups is 2. The summed E-state index contributed by atoms with van der Waals surface area (Å²) in [4.78, 5) is 52.0. The predicted octanol–water partition coefficient (Wildman–Crippen LogP) is 0.290. The third-order valence-electron chi connectivity index (χ3n) is 5.49. The Morgan fingerprint density at radius 3 is 1.56 bits per heavy atom. The van der Waals surface area contributed by atoms with Crippen LogP contribution < -0.4 is 22.5 Å². The van der Waals surface area contributed by atoms with Crippen LogP contribution in [0.4, 0.5) is 0 Å². The van der Waals surface area contributed by atoms with Crippen LogP contribution in [0.1, 0.15) is 25.3 Å². The maximum atomic E-state index is 12.2. The largest absolute Gasteiger partial charge is 0.394 e. The molecule has 0 saturated carbocycles. The van der Waals surface area contributed by atoms with Gasteiger partial charge in [0.1, 0.15) is 12.5 Å². The third kappa shape index (κ3) is 5.33. The molecule has 2 aromatic heterocycles. The average molecular weight is 644 g/mol. The summed E-state index contributed by atoms with van der Waals surface area (Å²) in [5.41, 5.74) is -2.31. The van der Waals surface area contributed by atoms with Gasteiger partial charge in [0.25, 0.3) is 11.1 Å². The van der Waals surface area contributed by atoms with E-state index in [1.54, 1.807) is 0 Å². The van der Waals surface area contributed by atoms with Crippen LogP contribution in [0.3, 0.4) is 0 Å². The summed E-state index contributed by atoms with van der Waals surface area (Å²) in [7, 11) is 2.88. The molecule has 186 valence electrons. The third-order valence-corrected chi connectivity index (χ3v) is 10.0. The topological polar surface area (TPSA) is 169 Å². The molecule has 2 aliphatic heterocycles. The summed E-state index contributed by atoms with van der Waals surface area (Å²) < 4.78 is 14.6. The minimum absolute atomic E-state index is 0.186. The van der Waals surface area contributed by atoms with Crippen molar-refractivity contribution in [2.45, 2.75) is 48.0 Å². The normalized spacial score (nSPS) is 29.1. The molecular weight excluding hydrogens is 624 g/mol. The number of aromatic nitrogens is 4. The molecule has 0 amide bonds. The molecule has 0 spiro atoms. The van der Waals surface area contributed by atoms with Gasteiger partial charge < -0.3 is 19.7 Å². The Hall–Kier alpha value is -1.14. The van der Waals surface area contributed by atoms with Gasteiger partial charge in [0.15, 0.2) is 0 Å². The molecule has 2 unspecified atom stereocenters. The second-order valence-corrected chi connectivity index (χ2v) is 12.1. The summed E-state index contributed by atoms with van der Waals surface area (Å²) >= 11 is 6.20. The highest BCUT2D eigenvalue weighted by Gasteiger charge is 2.41. The molecular formula is C18H20Br2N4O8S2. The van der Waals surface area contributed by atoms with Crippen molar-refractivity contribution < 1.29 is 19.7 Å². The zero-order valence-corrected chi connectivity index (χ0v) is 22.1. The number of nitrogens with zero attached hydrogens (tertiary/aromatic N) is 2. The van der Waals surface area contributed by atoms with Crippen LogP contribution in [-0.2, 0) is 9.47 Å². The molecule has 2 fully saturated rings. The average Bonchev–Trinajstić information content (AvgIpc) is 3.40. The molecule has 16 heteroatoms. The lowest BCUT2D eigenvalue weighted by molar-refractivity contribution is -0.0240. The van der Waals surface area contributed by atoms with Crippen molar-refractivity contribution in [1.29, 1.82) is 0 Å². The van der Waals surface area contributed by atoms with Crippen LogP contribution in [0, 0.1) is 0 Å². The molecule has 2 aromatic rings. The van der Waals surface area contributed by atoms with E-state index in [0.717, 1.165) is 0 Å². The number of aromatic amines is 2. The summed E-state index contributed by atoms with van der Waals surface area (Å²) in [5, 5.41) is 19.2. The minimum Gasteiger partial charge on any atom is -0.394 e. The van der Waals surface area contributed by atoms with Crippen molar-refractivity contribution in [2.24, 2.45) is 0 Å². The molecule has 0 aliphatic carbocycles. The van der Waals surface area contributed by atoms with Crippen molar-refractivity contribution in [3.05, 3.63) is 63.0 Å². The van der Waals surface area contributed by atoms with E-state index in [1.807, 2.05) is 0 Å². The van der Waals surface area contributed by atoms with Crippen LogP contribution >= 0.6 is 53.4 Å². The Morgan fingerprint density at radius 2 is 1.21 bits per heavy atom. The van der Waals surface area contributed by atoms with E-state index in [1.165, 1.54) is 43.1 Å². The lowest BCUT2D eigenvalue weighted by Gasteiger charge is -2.19. The van der Waals surface area contributed by atoms with E-state index >= 15 is 0 Å². The zero-order valence-electron chi connectivity index (χ0n) is 17.3. The van der Waals surface area contributed by atoms with E-state index in [9.17, 15) is 29.4 Å². The fraction of sp³-hybridized carbons (Fsp3) is 0.556. The first kappa shape index (κ1) is 25.9. The van der Waals surface area contributed by atoms with E-state index in [2.05, 4.69) is 41.8 Å². The van der Waals surface area contributed by atoms with Crippen molar-refractivity contribution in [1.82, 2.24) is 19.1 Å². The van der Waals surface area contributed by atoms with Gasteiger partial charge in [0.2, 0.25) is 0 Å². The summed E-state index contributed by atoms with van der Waals surface area (Å²) in [6.07, 6.45) is 1.06. The van der Waals surface area contributed by atoms with Gasteiger partial charge in [-0.1, -0.05) is 21.6 Å². The summed E-state index contributed by atoms with van der Waals surface area (Å²) in [6, 6.07) is 0. The molecule has 34 heavy (non-hydrogen) atoms. The molecule has 0 aromatic carbocycles. The number of hydrogen-bond acceptors (Lipinski definition) is 10. The van der Waals surface area contributed by atoms with E-state index in [-0.39, 0.29) is 32.7 Å². The summed E-state index contributed by atoms with van der Waals surface area (Å²) in [6.45, 7) is -0.524. The first-order valence-corrected chi connectivity index (χ1v) is 13.9. The van der Waals surface area contributed by atoms with Crippen molar-refractivity contribution >= 4 is 53.4 Å². The van der Waals surface area contributed by atoms with Crippen molar-refractivity contribution in [2.75, 3.05) is 13.2 Å². The molecule has 4 rings (SSSR count). The number of nitrogens with one attached hydrogen (secondary N) is 2. The van der Waals surface area contributed by atoms with Gasteiger partial charge in [0.05, 0.1) is 34.4 Å². The first-order valence-electron chi connectivity index (χ1n) is 10.1. The molecule has 2 aliphatic rings. The van der Waals surface area contributed by atoms with E-state index in [4.69, 9.17) is 9.47 Å². The smallest absolute Gasteiger partial charge is 0.330 e. The standard InChI is InChI=1S/C18H20Br2N4O8S2/c19-7-3-23(17(29)21-15(7)27)13-1-11(9(5-25)31-13)33-34-12-2-14(32-10(12)6-26)24-4-8(20)16(28)22-18(24)30/h3-4,9-14,25-26H,1-2,5-6H2,(H,21,27,29)(H,22,28,30)/t9-,10-,11?,12?,13-,14-/m1/s1. The lowest BCUT2D eigenvalue weighted by atomic mass is 10.2. The molecule has 6 atom stereocenters. The van der Waals surface area contributed by atoms with Gasteiger partial charge in [-0.3, -0.25) is 28.7 Å². The van der Waals surface area contributed by atoms with Crippen molar-refractivity contribution in [3.8, 4) is 0 Å². The maximum absolute atomic E-state index is 12.2. The quantitative estimate of drug-likeness (QED) is 0.308. The van der Waals surface area contributed by atoms with E-state index < -0.39 is 47.2 Å². The molecule has 0 bridgehead atoms. The van der Waals surface area contributed by atoms with Crippen LogP contribution in [0.25, 0.3) is 0 Å². The van der Waals surface area contributed by atoms with Gasteiger partial charge in [-0.25, -0.2) is 9.59 Å². The first-order chi connectivity index (χ1) is 16.2. The van der Waals surface area contributed by atoms with Gasteiger partial charge in [0, 0.05) is 35.7 Å². The Bertz CT molecular complexity index is 1180. The van der Waals surface area contributed by atoms with Gasteiger partial charge in [-0.2, -0.15) is 0 Å². The zero-order chi connectivity index (χ0) is 24.6. The Labute approximate surface area is 215 Å². The van der Waals surface area contributed by atoms with E-state index in [0.29, 0.717) is 12.8 Å². The molecule has 4 heterocycles. The lowest BCUT2D eigenvalue weighted by Crippen LogP contribution is -2.32. The van der Waals surface area contributed by atoms with Crippen LogP contribution in [0.5, 0.6) is 0 Å². The number of hydrogen-bond donors (Lipinski definition) is 4. The molecule has 0 radical (unpaired) electrons.